The molecule has 0 aliphatic carbocycles. The number of hydrogen-bond donors (Lipinski definition) is 1. The molecule has 0 atom stereocenters. The molecule has 0 radical (unpaired) electrons. The minimum atomic E-state index is -3.58. The Morgan fingerprint density at radius 2 is 1.61 bits per heavy atom. The number of anilines is 1. The number of ether oxygens (including phenoxy) is 2. The third-order valence-electron chi connectivity index (χ3n) is 3.65. The lowest BCUT2D eigenvalue weighted by atomic mass is 10.2. The molecule has 0 spiro atoms. The molecule has 150 valence electrons. The van der Waals surface area contributed by atoms with Crippen molar-refractivity contribution in [3.63, 3.8) is 0 Å². The molecule has 0 bridgehead atoms. The van der Waals surface area contributed by atoms with E-state index in [4.69, 9.17) is 9.47 Å². The minimum Gasteiger partial charge on any atom is -0.494 e. The van der Waals surface area contributed by atoms with Crippen LogP contribution in [-0.4, -0.2) is 51.9 Å². The summed E-state index contributed by atoms with van der Waals surface area (Å²) in [5.74, 6) is -0.536. The van der Waals surface area contributed by atoms with Gasteiger partial charge in [0, 0.05) is 19.8 Å². The zero-order valence-electron chi connectivity index (χ0n) is 15.8. The third-order valence-corrected chi connectivity index (χ3v) is 5.48. The molecule has 0 saturated heterocycles. The van der Waals surface area contributed by atoms with Gasteiger partial charge in [-0.25, -0.2) is 17.5 Å². The second kappa shape index (κ2) is 9.34. The number of carbonyl (C=O) groups excluding carboxylic acids is 2. The lowest BCUT2D eigenvalue weighted by molar-refractivity contribution is -0.119. The molecule has 0 unspecified atom stereocenters. The molecule has 0 saturated carbocycles. The molecular formula is C19H22N2O6S. The summed E-state index contributed by atoms with van der Waals surface area (Å²) < 4.78 is 35.4. The standard InChI is InChI=1S/C19H22N2O6S/c1-4-26-16-9-7-15(8-10-16)20-18(22)13-27-19(23)14-5-11-17(12-6-14)28(24,25)21(2)3/h5-12H,4,13H2,1-3H3,(H,20,22). The predicted octanol–water partition coefficient (Wildman–Crippen LogP) is 2.13. The minimum absolute atomic E-state index is 0.0577. The average Bonchev–Trinajstić information content (AvgIpc) is 2.68. The Morgan fingerprint density at radius 3 is 2.14 bits per heavy atom. The van der Waals surface area contributed by atoms with Crippen molar-refractivity contribution >= 4 is 27.6 Å². The van der Waals surface area contributed by atoms with E-state index in [1.807, 2.05) is 6.92 Å². The summed E-state index contributed by atoms with van der Waals surface area (Å²) in [7, 11) is -0.744. The van der Waals surface area contributed by atoms with Gasteiger partial charge in [-0.15, -0.1) is 0 Å². The van der Waals surface area contributed by atoms with E-state index in [1.54, 1.807) is 24.3 Å². The van der Waals surface area contributed by atoms with Crippen LogP contribution in [0.1, 0.15) is 17.3 Å². The molecular weight excluding hydrogens is 384 g/mol. The first-order valence-corrected chi connectivity index (χ1v) is 9.90. The molecule has 8 nitrogen and oxygen atoms in total. The molecule has 28 heavy (non-hydrogen) atoms. The van der Waals surface area contributed by atoms with Crippen LogP contribution in [0.2, 0.25) is 0 Å². The fraction of sp³-hybridized carbons (Fsp3) is 0.263. The fourth-order valence-corrected chi connectivity index (χ4v) is 3.09. The van der Waals surface area contributed by atoms with Crippen molar-refractivity contribution in [2.75, 3.05) is 32.6 Å². The number of hydrogen-bond acceptors (Lipinski definition) is 6. The van der Waals surface area contributed by atoms with Gasteiger partial charge in [0.05, 0.1) is 17.1 Å². The second-order valence-corrected chi connectivity index (χ2v) is 8.05. The van der Waals surface area contributed by atoms with Crippen molar-refractivity contribution in [2.45, 2.75) is 11.8 Å². The molecule has 0 aliphatic heterocycles. The first kappa shape index (κ1) is 21.4. The van der Waals surface area contributed by atoms with Crippen LogP contribution in [-0.2, 0) is 19.6 Å². The quantitative estimate of drug-likeness (QED) is 0.674. The van der Waals surface area contributed by atoms with Gasteiger partial charge in [-0.1, -0.05) is 0 Å². The summed E-state index contributed by atoms with van der Waals surface area (Å²) in [6.45, 7) is 1.95. The maximum atomic E-state index is 12.0. The highest BCUT2D eigenvalue weighted by Gasteiger charge is 2.18. The van der Waals surface area contributed by atoms with Gasteiger partial charge in [0.25, 0.3) is 5.91 Å². The van der Waals surface area contributed by atoms with Gasteiger partial charge in [-0.3, -0.25) is 4.79 Å². The van der Waals surface area contributed by atoms with Crippen molar-refractivity contribution in [1.82, 2.24) is 4.31 Å². The van der Waals surface area contributed by atoms with E-state index in [0.717, 1.165) is 4.31 Å². The number of amides is 1. The van der Waals surface area contributed by atoms with Gasteiger partial charge in [-0.2, -0.15) is 0 Å². The molecule has 0 aromatic heterocycles. The third kappa shape index (κ3) is 5.54. The number of nitrogens with one attached hydrogen (secondary N) is 1. The van der Waals surface area contributed by atoms with Crippen LogP contribution in [0.25, 0.3) is 0 Å². The number of esters is 1. The molecule has 0 heterocycles. The van der Waals surface area contributed by atoms with E-state index in [-0.39, 0.29) is 10.5 Å². The number of carbonyl (C=O) groups is 2. The predicted molar refractivity (Wildman–Crippen MR) is 104 cm³/mol. The smallest absolute Gasteiger partial charge is 0.338 e. The summed E-state index contributed by atoms with van der Waals surface area (Å²) >= 11 is 0. The summed E-state index contributed by atoms with van der Waals surface area (Å²) in [6, 6.07) is 12.1. The highest BCUT2D eigenvalue weighted by Crippen LogP contribution is 2.16. The Hall–Kier alpha value is -2.91. The van der Waals surface area contributed by atoms with Gasteiger partial charge in [-0.05, 0) is 55.5 Å². The van der Waals surface area contributed by atoms with E-state index < -0.39 is 28.5 Å². The monoisotopic (exact) mass is 406 g/mol. The molecule has 9 heteroatoms. The second-order valence-electron chi connectivity index (χ2n) is 5.89. The Balaban J connectivity index is 1.90. The Labute approximate surface area is 164 Å². The summed E-state index contributed by atoms with van der Waals surface area (Å²) in [4.78, 5) is 24.0. The Morgan fingerprint density at radius 1 is 1.00 bits per heavy atom. The first-order valence-electron chi connectivity index (χ1n) is 8.46. The maximum absolute atomic E-state index is 12.0. The van der Waals surface area contributed by atoms with E-state index in [9.17, 15) is 18.0 Å². The molecule has 1 amide bonds. The van der Waals surface area contributed by atoms with Gasteiger partial charge in [0.15, 0.2) is 6.61 Å². The van der Waals surface area contributed by atoms with Crippen molar-refractivity contribution in [1.29, 1.82) is 0 Å². The number of rotatable bonds is 8. The van der Waals surface area contributed by atoms with Gasteiger partial charge in [0.1, 0.15) is 5.75 Å². The van der Waals surface area contributed by atoms with Crippen molar-refractivity contribution < 1.29 is 27.5 Å². The number of benzene rings is 2. The number of sulfonamides is 1. The Bertz CT molecular complexity index is 922. The van der Waals surface area contributed by atoms with Gasteiger partial charge >= 0.3 is 5.97 Å². The molecule has 2 aromatic rings. The number of nitrogens with zero attached hydrogens (tertiary/aromatic N) is 1. The first-order chi connectivity index (χ1) is 13.2. The highest BCUT2D eigenvalue weighted by molar-refractivity contribution is 7.89. The molecule has 2 aromatic carbocycles. The summed E-state index contributed by atoms with van der Waals surface area (Å²) in [6.07, 6.45) is 0. The van der Waals surface area contributed by atoms with Crippen molar-refractivity contribution in [3.05, 3.63) is 54.1 Å². The zero-order chi connectivity index (χ0) is 20.7. The van der Waals surface area contributed by atoms with Crippen LogP contribution in [0.4, 0.5) is 5.69 Å². The van der Waals surface area contributed by atoms with Crippen LogP contribution in [0.3, 0.4) is 0 Å². The fourth-order valence-electron chi connectivity index (χ4n) is 2.19. The summed E-state index contributed by atoms with van der Waals surface area (Å²) in [5, 5.41) is 2.60. The van der Waals surface area contributed by atoms with Gasteiger partial charge < -0.3 is 14.8 Å². The molecule has 2 rings (SSSR count). The molecule has 1 N–H and O–H groups in total. The van der Waals surface area contributed by atoms with Crippen LogP contribution in [0, 0.1) is 0 Å². The van der Waals surface area contributed by atoms with Crippen LogP contribution < -0.4 is 10.1 Å². The lowest BCUT2D eigenvalue weighted by Crippen LogP contribution is -2.22. The zero-order valence-corrected chi connectivity index (χ0v) is 16.7. The van der Waals surface area contributed by atoms with E-state index in [1.165, 1.54) is 38.4 Å². The largest absolute Gasteiger partial charge is 0.494 e. The van der Waals surface area contributed by atoms with Crippen LogP contribution in [0.15, 0.2) is 53.4 Å². The van der Waals surface area contributed by atoms with Gasteiger partial charge in [0.2, 0.25) is 10.0 Å². The van der Waals surface area contributed by atoms with Crippen molar-refractivity contribution in [2.24, 2.45) is 0 Å². The van der Waals surface area contributed by atoms with E-state index >= 15 is 0 Å². The highest BCUT2D eigenvalue weighted by atomic mass is 32.2. The summed E-state index contributed by atoms with van der Waals surface area (Å²) in [5.41, 5.74) is 0.689. The lowest BCUT2D eigenvalue weighted by Gasteiger charge is -2.11. The van der Waals surface area contributed by atoms with E-state index in [2.05, 4.69) is 5.32 Å². The topological polar surface area (TPSA) is 102 Å². The van der Waals surface area contributed by atoms with Crippen LogP contribution in [0.5, 0.6) is 5.75 Å². The van der Waals surface area contributed by atoms with Crippen molar-refractivity contribution in [3.8, 4) is 5.75 Å². The Kier molecular flexibility index (Phi) is 7.13. The van der Waals surface area contributed by atoms with E-state index in [0.29, 0.717) is 18.0 Å². The van der Waals surface area contributed by atoms with Crippen LogP contribution >= 0.6 is 0 Å². The molecule has 0 fully saturated rings. The maximum Gasteiger partial charge on any atom is 0.338 e. The average molecular weight is 406 g/mol. The molecule has 0 aliphatic rings. The normalized spacial score (nSPS) is 11.1. The SMILES string of the molecule is CCOc1ccc(NC(=O)COC(=O)c2ccc(S(=O)(=O)N(C)C)cc2)cc1.